The summed E-state index contributed by atoms with van der Waals surface area (Å²) in [6.07, 6.45) is 1.20. The van der Waals surface area contributed by atoms with Crippen LogP contribution in [0.3, 0.4) is 0 Å². The van der Waals surface area contributed by atoms with Crippen molar-refractivity contribution in [3.05, 3.63) is 67.3 Å². The van der Waals surface area contributed by atoms with Crippen molar-refractivity contribution in [1.82, 2.24) is 5.43 Å². The molecule has 0 heterocycles. The molecule has 126 valence electrons. The van der Waals surface area contributed by atoms with Crippen LogP contribution in [0.4, 0.5) is 5.69 Å². The van der Waals surface area contributed by atoms with Gasteiger partial charge in [-0.1, -0.05) is 30.3 Å². The highest BCUT2D eigenvalue weighted by molar-refractivity contribution is 14.1. The first-order chi connectivity index (χ1) is 11.9. The van der Waals surface area contributed by atoms with E-state index < -0.39 is 28.2 Å². The Morgan fingerprint density at radius 3 is 2.68 bits per heavy atom. The fourth-order valence-electron chi connectivity index (χ4n) is 1.98. The van der Waals surface area contributed by atoms with Crippen LogP contribution < -0.4 is 5.43 Å². The van der Waals surface area contributed by atoms with Gasteiger partial charge in [0.2, 0.25) is 5.75 Å². The van der Waals surface area contributed by atoms with Gasteiger partial charge in [-0.2, -0.15) is 10.4 Å². The molecule has 0 fully saturated rings. The largest absolute Gasteiger partial charge is 0.501 e. The molecular formula is C16H11IN4O4. The number of nitrogens with zero attached hydrogens (tertiary/aromatic N) is 3. The van der Waals surface area contributed by atoms with E-state index in [0.29, 0.717) is 11.1 Å². The maximum absolute atomic E-state index is 12.1. The number of carbonyl (C=O) groups is 1. The Bertz CT molecular complexity index is 878. The fourth-order valence-corrected chi connectivity index (χ4v) is 2.62. The minimum Gasteiger partial charge on any atom is -0.501 e. The van der Waals surface area contributed by atoms with Crippen molar-refractivity contribution >= 4 is 40.4 Å². The van der Waals surface area contributed by atoms with Crippen LogP contribution in [0.25, 0.3) is 0 Å². The van der Waals surface area contributed by atoms with Gasteiger partial charge in [0.1, 0.15) is 0 Å². The Labute approximate surface area is 156 Å². The number of halogens is 1. The molecule has 0 aliphatic carbocycles. The highest BCUT2D eigenvalue weighted by Crippen LogP contribution is 2.31. The highest BCUT2D eigenvalue weighted by Gasteiger charge is 2.20. The Kier molecular flexibility index (Phi) is 6.02. The number of nitro benzene ring substituents is 1. The van der Waals surface area contributed by atoms with Gasteiger partial charge in [-0.15, -0.1) is 0 Å². The second kappa shape index (κ2) is 8.20. The number of amides is 1. The summed E-state index contributed by atoms with van der Waals surface area (Å²) in [6.45, 7) is 0. The van der Waals surface area contributed by atoms with E-state index in [1.165, 1.54) is 12.3 Å². The molecule has 2 N–H and O–H groups in total. The molecule has 0 radical (unpaired) electrons. The summed E-state index contributed by atoms with van der Waals surface area (Å²) in [5.74, 6) is -2.07. The number of nitro groups is 1. The highest BCUT2D eigenvalue weighted by atomic mass is 127. The molecular weight excluding hydrogens is 439 g/mol. The van der Waals surface area contributed by atoms with Gasteiger partial charge < -0.3 is 5.11 Å². The average Bonchev–Trinajstić information content (AvgIpc) is 2.59. The number of hydrazone groups is 1. The molecule has 0 bridgehead atoms. The van der Waals surface area contributed by atoms with Crippen LogP contribution in [0.5, 0.6) is 5.75 Å². The lowest BCUT2D eigenvalue weighted by Gasteiger charge is -2.07. The molecule has 0 unspecified atom stereocenters. The minimum absolute atomic E-state index is 0.277. The van der Waals surface area contributed by atoms with Gasteiger partial charge in [-0.3, -0.25) is 14.9 Å². The molecule has 2 rings (SSSR count). The molecule has 9 heteroatoms. The van der Waals surface area contributed by atoms with Gasteiger partial charge in [0.25, 0.3) is 5.91 Å². The number of hydrogen-bond donors (Lipinski definition) is 2. The number of nitriles is 1. The summed E-state index contributed by atoms with van der Waals surface area (Å²) in [5.41, 5.74) is 2.63. The van der Waals surface area contributed by atoms with Gasteiger partial charge in [-0.25, -0.2) is 5.43 Å². The maximum atomic E-state index is 12.1. The molecule has 1 amide bonds. The molecule has 2 aromatic carbocycles. The van der Waals surface area contributed by atoms with Crippen molar-refractivity contribution in [3.63, 3.8) is 0 Å². The molecule has 8 nitrogen and oxygen atoms in total. The predicted molar refractivity (Wildman–Crippen MR) is 98.0 cm³/mol. The van der Waals surface area contributed by atoms with Crippen LogP contribution >= 0.6 is 22.6 Å². The third-order valence-corrected chi connectivity index (χ3v) is 4.00. The van der Waals surface area contributed by atoms with E-state index in [0.717, 1.165) is 6.07 Å². The minimum atomic E-state index is -1.02. The number of phenols is 1. The van der Waals surface area contributed by atoms with E-state index in [1.807, 2.05) is 6.07 Å². The lowest BCUT2D eigenvalue weighted by atomic mass is 10.0. The van der Waals surface area contributed by atoms with Gasteiger partial charge in [0.05, 0.1) is 20.8 Å². The number of carbonyl (C=O) groups excluding carboxylic acids is 1. The molecule has 25 heavy (non-hydrogen) atoms. The Morgan fingerprint density at radius 1 is 1.40 bits per heavy atom. The standard InChI is InChI=1S/C16H11IN4O4/c17-13-6-10(7-14(15(13)22)21(24)25)9-19-20-16(23)12(8-18)11-4-2-1-3-5-11/h1-7,9,12,22H,(H,20,23)/b19-9-/t12-/m1/s1. The zero-order chi connectivity index (χ0) is 18.4. The summed E-state index contributed by atoms with van der Waals surface area (Å²) >= 11 is 1.75. The van der Waals surface area contributed by atoms with Crippen molar-refractivity contribution < 1.29 is 14.8 Å². The third kappa shape index (κ3) is 4.51. The van der Waals surface area contributed by atoms with Crippen molar-refractivity contribution in [3.8, 4) is 11.8 Å². The molecule has 0 aliphatic heterocycles. The quantitative estimate of drug-likeness (QED) is 0.313. The first-order valence-electron chi connectivity index (χ1n) is 6.88. The molecule has 0 saturated heterocycles. The molecule has 1 atom stereocenters. The predicted octanol–water partition coefficient (Wildman–Crippen LogP) is 2.66. The van der Waals surface area contributed by atoms with Gasteiger partial charge in [0, 0.05) is 11.6 Å². The van der Waals surface area contributed by atoms with Crippen LogP contribution in [0, 0.1) is 25.0 Å². The zero-order valence-corrected chi connectivity index (χ0v) is 14.7. The van der Waals surface area contributed by atoms with Gasteiger partial charge in [0.15, 0.2) is 5.92 Å². The van der Waals surface area contributed by atoms with Crippen LogP contribution in [0.1, 0.15) is 17.0 Å². The Balaban J connectivity index is 2.14. The van der Waals surface area contributed by atoms with Crippen LogP contribution in [0.2, 0.25) is 0 Å². The molecule has 0 saturated carbocycles. The molecule has 2 aromatic rings. The van der Waals surface area contributed by atoms with Crippen molar-refractivity contribution in [2.45, 2.75) is 5.92 Å². The number of aromatic hydroxyl groups is 1. The monoisotopic (exact) mass is 450 g/mol. The van der Waals surface area contributed by atoms with E-state index in [-0.39, 0.29) is 3.57 Å². The molecule has 0 aliphatic rings. The lowest BCUT2D eigenvalue weighted by molar-refractivity contribution is -0.386. The maximum Gasteiger partial charge on any atom is 0.312 e. The topological polar surface area (TPSA) is 129 Å². The zero-order valence-electron chi connectivity index (χ0n) is 12.6. The summed E-state index contributed by atoms with van der Waals surface area (Å²) in [5, 5.41) is 33.4. The summed E-state index contributed by atoms with van der Waals surface area (Å²) in [6, 6.07) is 13.0. The second-order valence-corrected chi connectivity index (χ2v) is 6.00. The van der Waals surface area contributed by atoms with E-state index in [1.54, 1.807) is 52.9 Å². The van der Waals surface area contributed by atoms with Gasteiger partial charge >= 0.3 is 5.69 Å². The summed E-state index contributed by atoms with van der Waals surface area (Å²) in [7, 11) is 0. The average molecular weight is 450 g/mol. The van der Waals surface area contributed by atoms with Crippen LogP contribution in [0.15, 0.2) is 47.6 Å². The second-order valence-electron chi connectivity index (χ2n) is 4.83. The van der Waals surface area contributed by atoms with Gasteiger partial charge in [-0.05, 0) is 34.2 Å². The van der Waals surface area contributed by atoms with E-state index in [2.05, 4.69) is 10.5 Å². The Hall–Kier alpha value is -3.00. The SMILES string of the molecule is N#C[C@@H](C(=O)N/N=C\c1cc(I)c(O)c([N+](=O)[O-])c1)c1ccccc1. The summed E-state index contributed by atoms with van der Waals surface area (Å²) in [4.78, 5) is 22.2. The number of hydrogen-bond acceptors (Lipinski definition) is 6. The fraction of sp³-hybridized carbons (Fsp3) is 0.0625. The lowest BCUT2D eigenvalue weighted by Crippen LogP contribution is -2.24. The molecule has 0 spiro atoms. The van der Waals surface area contributed by atoms with E-state index >= 15 is 0 Å². The van der Waals surface area contributed by atoms with Crippen molar-refractivity contribution in [2.75, 3.05) is 0 Å². The number of rotatable bonds is 5. The van der Waals surface area contributed by atoms with Crippen LogP contribution in [-0.4, -0.2) is 22.2 Å². The number of nitrogens with one attached hydrogen (secondary N) is 1. The third-order valence-electron chi connectivity index (χ3n) is 3.17. The number of phenolic OH excluding ortho intramolecular Hbond substituents is 1. The first-order valence-corrected chi connectivity index (χ1v) is 7.96. The molecule has 0 aromatic heterocycles. The van der Waals surface area contributed by atoms with Crippen molar-refractivity contribution in [2.24, 2.45) is 5.10 Å². The van der Waals surface area contributed by atoms with E-state index in [4.69, 9.17) is 5.26 Å². The first kappa shape index (κ1) is 18.3. The smallest absolute Gasteiger partial charge is 0.312 e. The van der Waals surface area contributed by atoms with E-state index in [9.17, 15) is 20.0 Å². The van der Waals surface area contributed by atoms with Crippen molar-refractivity contribution in [1.29, 1.82) is 5.26 Å². The normalized spacial score (nSPS) is 11.7. The number of benzene rings is 2. The summed E-state index contributed by atoms with van der Waals surface area (Å²) < 4.78 is 0.277. The Morgan fingerprint density at radius 2 is 2.08 bits per heavy atom. The van der Waals surface area contributed by atoms with Crippen LogP contribution in [-0.2, 0) is 4.79 Å².